The van der Waals surface area contributed by atoms with E-state index in [0.29, 0.717) is 12.3 Å². The smallest absolute Gasteiger partial charge is 0.243 e. The van der Waals surface area contributed by atoms with Crippen LogP contribution in [0.5, 0.6) is 0 Å². The van der Waals surface area contributed by atoms with Crippen LogP contribution in [0.15, 0.2) is 24.3 Å². The van der Waals surface area contributed by atoms with Crippen LogP contribution < -0.4 is 21.7 Å². The van der Waals surface area contributed by atoms with Crippen molar-refractivity contribution in [2.45, 2.75) is 65.1 Å². The van der Waals surface area contributed by atoms with E-state index < -0.39 is 35.8 Å². The first kappa shape index (κ1) is 29.2. The van der Waals surface area contributed by atoms with Crippen LogP contribution in [0.1, 0.15) is 46.1 Å². The Balaban J connectivity index is 3.10. The van der Waals surface area contributed by atoms with Crippen LogP contribution in [-0.4, -0.2) is 47.5 Å². The van der Waals surface area contributed by atoms with Gasteiger partial charge in [-0.15, -0.1) is 0 Å². The zero-order chi connectivity index (χ0) is 25.1. The fraction of sp³-hybridized carbons (Fsp3) is 0.565. The van der Waals surface area contributed by atoms with Crippen molar-refractivity contribution < 1.29 is 19.2 Å². The second-order valence-corrected chi connectivity index (χ2v) is 10.3. The topological polar surface area (TPSA) is 130 Å². The third kappa shape index (κ3) is 10.8. The number of nitrogens with one attached hydrogen (secondary N) is 3. The van der Waals surface area contributed by atoms with Crippen LogP contribution >= 0.6 is 35.2 Å². The molecule has 10 heteroatoms. The minimum Gasteiger partial charge on any atom is -0.368 e. The molecule has 0 heterocycles. The van der Waals surface area contributed by atoms with Crippen molar-refractivity contribution in [1.29, 1.82) is 0 Å². The number of halogens is 1. The van der Waals surface area contributed by atoms with Crippen molar-refractivity contribution in [1.82, 2.24) is 16.0 Å². The Morgan fingerprint density at radius 3 is 1.85 bits per heavy atom. The zero-order valence-corrected chi connectivity index (χ0v) is 22.6. The van der Waals surface area contributed by atoms with Gasteiger partial charge in [-0.2, -0.15) is 12.6 Å². The molecule has 1 rings (SSSR count). The van der Waals surface area contributed by atoms with Gasteiger partial charge in [-0.3, -0.25) is 19.2 Å². The summed E-state index contributed by atoms with van der Waals surface area (Å²) in [5, 5.41) is 8.12. The highest BCUT2D eigenvalue weighted by Gasteiger charge is 2.29. The average Bonchev–Trinajstić information content (AvgIpc) is 2.74. The largest absolute Gasteiger partial charge is 0.368 e. The SMILES string of the molecule is CC(C)CC[C@H](NC(=O)C(C)C)C(=O)N[C@@H](Cc1ccc(I)cc1)C(=O)N[C@@H](CS)C(N)=O. The monoisotopic (exact) mass is 590 g/mol. The Morgan fingerprint density at radius 2 is 1.36 bits per heavy atom. The summed E-state index contributed by atoms with van der Waals surface area (Å²) in [6.45, 7) is 7.57. The van der Waals surface area contributed by atoms with Gasteiger partial charge in [-0.05, 0) is 59.0 Å². The highest BCUT2D eigenvalue weighted by molar-refractivity contribution is 14.1. The number of carbonyl (C=O) groups is 4. The van der Waals surface area contributed by atoms with E-state index in [0.717, 1.165) is 15.6 Å². The quantitative estimate of drug-likeness (QED) is 0.177. The van der Waals surface area contributed by atoms with Crippen molar-refractivity contribution in [2.24, 2.45) is 17.6 Å². The van der Waals surface area contributed by atoms with Crippen molar-refractivity contribution in [3.63, 3.8) is 0 Å². The molecule has 0 fully saturated rings. The molecule has 0 aliphatic carbocycles. The maximum absolute atomic E-state index is 13.1. The standard InChI is InChI=1S/C23H35IN4O4S/c1-13(2)5-10-17(26-21(30)14(3)4)22(31)27-18(11-15-6-8-16(24)9-7-15)23(32)28-19(12-33)20(25)29/h6-9,13-14,17-19,33H,5,10-12H2,1-4H3,(H2,25,29)(H,26,30)(H,27,31)(H,28,32)/t17-,18-,19-/m0/s1. The number of benzene rings is 1. The summed E-state index contributed by atoms with van der Waals surface area (Å²) in [6, 6.07) is 4.85. The number of hydrogen-bond acceptors (Lipinski definition) is 5. The molecule has 1 aromatic carbocycles. The van der Waals surface area contributed by atoms with Crippen LogP contribution in [0.4, 0.5) is 0 Å². The zero-order valence-electron chi connectivity index (χ0n) is 19.6. The third-order valence-corrected chi connectivity index (χ3v) is 6.10. The molecule has 0 saturated heterocycles. The van der Waals surface area contributed by atoms with Crippen molar-refractivity contribution in [3.8, 4) is 0 Å². The van der Waals surface area contributed by atoms with Gasteiger partial charge in [-0.25, -0.2) is 0 Å². The summed E-state index contributed by atoms with van der Waals surface area (Å²) in [6.07, 6.45) is 1.38. The Morgan fingerprint density at radius 1 is 0.848 bits per heavy atom. The highest BCUT2D eigenvalue weighted by atomic mass is 127. The summed E-state index contributed by atoms with van der Waals surface area (Å²) in [5.41, 5.74) is 6.16. The molecule has 0 spiro atoms. The van der Waals surface area contributed by atoms with Crippen LogP contribution in [0, 0.1) is 15.4 Å². The van der Waals surface area contributed by atoms with Gasteiger partial charge in [0.1, 0.15) is 18.1 Å². The number of amides is 4. The highest BCUT2D eigenvalue weighted by Crippen LogP contribution is 2.12. The molecular formula is C23H35IN4O4S. The van der Waals surface area contributed by atoms with Crippen LogP contribution in [0.25, 0.3) is 0 Å². The summed E-state index contributed by atoms with van der Waals surface area (Å²) in [7, 11) is 0. The van der Waals surface area contributed by atoms with E-state index in [9.17, 15) is 19.2 Å². The summed E-state index contributed by atoms with van der Waals surface area (Å²) >= 11 is 6.25. The van der Waals surface area contributed by atoms with Crippen LogP contribution in [0.2, 0.25) is 0 Å². The Labute approximate surface area is 215 Å². The molecule has 0 radical (unpaired) electrons. The molecular weight excluding hydrogens is 555 g/mol. The first-order valence-electron chi connectivity index (χ1n) is 11.0. The van der Waals surface area contributed by atoms with Gasteiger partial charge >= 0.3 is 0 Å². The Bertz CT molecular complexity index is 817. The molecule has 1 aromatic rings. The first-order valence-corrected chi connectivity index (χ1v) is 12.7. The minimum absolute atomic E-state index is 0.0345. The Hall–Kier alpha value is -1.82. The fourth-order valence-electron chi connectivity index (χ4n) is 2.92. The van der Waals surface area contributed by atoms with Crippen LogP contribution in [-0.2, 0) is 25.6 Å². The van der Waals surface area contributed by atoms with E-state index in [1.54, 1.807) is 13.8 Å². The van der Waals surface area contributed by atoms with Crippen molar-refractivity contribution >= 4 is 58.8 Å². The molecule has 184 valence electrons. The lowest BCUT2D eigenvalue weighted by molar-refractivity contribution is -0.133. The lowest BCUT2D eigenvalue weighted by atomic mass is 10.0. The van der Waals surface area contributed by atoms with E-state index in [4.69, 9.17) is 5.73 Å². The Kier molecular flexibility index (Phi) is 12.8. The van der Waals surface area contributed by atoms with Gasteiger partial charge in [0.2, 0.25) is 23.6 Å². The van der Waals surface area contributed by atoms with Gasteiger partial charge in [0.15, 0.2) is 0 Å². The van der Waals surface area contributed by atoms with E-state index in [2.05, 4.69) is 51.2 Å². The van der Waals surface area contributed by atoms with E-state index in [1.807, 2.05) is 38.1 Å². The molecule has 8 nitrogen and oxygen atoms in total. The van der Waals surface area contributed by atoms with E-state index >= 15 is 0 Å². The molecule has 0 aromatic heterocycles. The number of hydrogen-bond donors (Lipinski definition) is 5. The molecule has 0 unspecified atom stereocenters. The number of primary amides is 1. The molecule has 0 saturated carbocycles. The predicted molar refractivity (Wildman–Crippen MR) is 141 cm³/mol. The molecule has 33 heavy (non-hydrogen) atoms. The normalized spacial score (nSPS) is 13.8. The van der Waals surface area contributed by atoms with E-state index in [-0.39, 0.29) is 24.0 Å². The average molecular weight is 591 g/mol. The van der Waals surface area contributed by atoms with Crippen LogP contribution in [0.3, 0.4) is 0 Å². The van der Waals surface area contributed by atoms with E-state index in [1.165, 1.54) is 0 Å². The number of rotatable bonds is 13. The first-order chi connectivity index (χ1) is 15.4. The summed E-state index contributed by atoms with van der Waals surface area (Å²) in [4.78, 5) is 50.0. The van der Waals surface area contributed by atoms with Gasteiger partial charge in [-0.1, -0.05) is 39.8 Å². The van der Waals surface area contributed by atoms with Gasteiger partial charge in [0.25, 0.3) is 0 Å². The number of nitrogens with two attached hydrogens (primary N) is 1. The molecule has 3 atom stereocenters. The van der Waals surface area contributed by atoms with Crippen molar-refractivity contribution in [2.75, 3.05) is 5.75 Å². The second-order valence-electron chi connectivity index (χ2n) is 8.72. The van der Waals surface area contributed by atoms with Gasteiger partial charge < -0.3 is 21.7 Å². The number of thiol groups is 1. The minimum atomic E-state index is -0.964. The summed E-state index contributed by atoms with van der Waals surface area (Å²) < 4.78 is 1.04. The molecule has 0 aliphatic heterocycles. The molecule has 5 N–H and O–H groups in total. The lowest BCUT2D eigenvalue weighted by Gasteiger charge is -2.25. The van der Waals surface area contributed by atoms with Gasteiger partial charge in [0.05, 0.1) is 0 Å². The molecule has 4 amide bonds. The third-order valence-electron chi connectivity index (χ3n) is 5.02. The molecule has 0 bridgehead atoms. The predicted octanol–water partition coefficient (Wildman–Crippen LogP) is 1.80. The van der Waals surface area contributed by atoms with Crippen molar-refractivity contribution in [3.05, 3.63) is 33.4 Å². The lowest BCUT2D eigenvalue weighted by Crippen LogP contribution is -2.57. The summed E-state index contributed by atoms with van der Waals surface area (Å²) in [5.74, 6) is -1.84. The maximum Gasteiger partial charge on any atom is 0.243 e. The van der Waals surface area contributed by atoms with Gasteiger partial charge in [0, 0.05) is 21.7 Å². The molecule has 0 aliphatic rings. The fourth-order valence-corrected chi connectivity index (χ4v) is 3.55. The maximum atomic E-state index is 13.1. The second kappa shape index (κ2) is 14.4. The number of carbonyl (C=O) groups excluding carboxylic acids is 4.